The van der Waals surface area contributed by atoms with Crippen LogP contribution in [-0.4, -0.2) is 21.7 Å². The Balaban J connectivity index is 1.71. The summed E-state index contributed by atoms with van der Waals surface area (Å²) < 4.78 is 5.48. The molecule has 35 heavy (non-hydrogen) atoms. The van der Waals surface area contributed by atoms with Crippen molar-refractivity contribution in [1.82, 2.24) is 0 Å². The van der Waals surface area contributed by atoms with Crippen LogP contribution in [0.3, 0.4) is 0 Å². The number of esters is 1. The maximum atomic E-state index is 12.5. The monoisotopic (exact) mass is 536 g/mol. The van der Waals surface area contributed by atoms with Crippen LogP contribution in [0.25, 0.3) is 6.08 Å². The molecule has 0 spiro atoms. The smallest absolute Gasteiger partial charge is 0.343 e. The van der Waals surface area contributed by atoms with Gasteiger partial charge in [-0.1, -0.05) is 18.2 Å². The summed E-state index contributed by atoms with van der Waals surface area (Å²) in [5.41, 5.74) is 0.0422. The number of nitro groups is 2. The zero-order chi connectivity index (χ0) is 25.5. The van der Waals surface area contributed by atoms with Crippen LogP contribution >= 0.6 is 15.9 Å². The molecule has 0 aliphatic rings. The summed E-state index contributed by atoms with van der Waals surface area (Å²) in [4.78, 5) is 45.2. The highest BCUT2D eigenvalue weighted by Gasteiger charge is 2.15. The van der Waals surface area contributed by atoms with E-state index in [0.717, 1.165) is 6.07 Å². The summed E-state index contributed by atoms with van der Waals surface area (Å²) in [6.07, 6.45) is 1.31. The molecule has 3 aromatic rings. The number of rotatable bonds is 7. The fourth-order valence-corrected chi connectivity index (χ4v) is 3.23. The lowest BCUT2D eigenvalue weighted by atomic mass is 10.1. The van der Waals surface area contributed by atoms with Gasteiger partial charge in [-0.3, -0.25) is 25.0 Å². The zero-order valence-electron chi connectivity index (χ0n) is 17.5. The standard InChI is InChI=1S/C23H13BrN4O7/c24-20-12-18(28(33)34)6-9-21(20)26-22(29)16(13-25)10-14-4-7-19(8-5-14)35-23(30)15-2-1-3-17(11-15)27(31)32/h1-12H,(H,26,29)/b16-10+. The number of ether oxygens (including phenoxy) is 1. The average molecular weight is 537 g/mol. The molecule has 1 N–H and O–H groups in total. The van der Waals surface area contributed by atoms with Crippen LogP contribution < -0.4 is 10.1 Å². The summed E-state index contributed by atoms with van der Waals surface area (Å²) in [5, 5.41) is 33.6. The fraction of sp³-hybridized carbons (Fsp3) is 0. The molecule has 0 fully saturated rings. The van der Waals surface area contributed by atoms with Crippen LogP contribution in [0.5, 0.6) is 5.75 Å². The number of amides is 1. The number of nitriles is 1. The second-order valence-electron chi connectivity index (χ2n) is 6.81. The average Bonchev–Trinajstić information content (AvgIpc) is 2.84. The number of halogens is 1. The van der Waals surface area contributed by atoms with Gasteiger partial charge in [-0.2, -0.15) is 5.26 Å². The summed E-state index contributed by atoms with van der Waals surface area (Å²) in [6.45, 7) is 0. The number of benzene rings is 3. The SMILES string of the molecule is N#C/C(=C\c1ccc(OC(=O)c2cccc([N+](=O)[O-])c2)cc1)C(=O)Nc1ccc([N+](=O)[O-])cc1Br. The van der Waals surface area contributed by atoms with E-state index in [1.54, 1.807) is 6.07 Å². The number of hydrogen-bond acceptors (Lipinski definition) is 8. The van der Waals surface area contributed by atoms with Gasteiger partial charge in [-0.05, 0) is 51.8 Å². The molecule has 0 bridgehead atoms. The van der Waals surface area contributed by atoms with Crippen molar-refractivity contribution in [2.24, 2.45) is 0 Å². The van der Waals surface area contributed by atoms with E-state index in [0.29, 0.717) is 5.56 Å². The van der Waals surface area contributed by atoms with Crippen molar-refractivity contribution in [2.75, 3.05) is 5.32 Å². The van der Waals surface area contributed by atoms with Gasteiger partial charge in [0.15, 0.2) is 0 Å². The molecule has 0 aliphatic carbocycles. The largest absolute Gasteiger partial charge is 0.423 e. The normalized spacial score (nSPS) is 10.7. The van der Waals surface area contributed by atoms with E-state index in [4.69, 9.17) is 4.74 Å². The second kappa shape index (κ2) is 10.8. The maximum absolute atomic E-state index is 12.5. The maximum Gasteiger partial charge on any atom is 0.343 e. The molecular weight excluding hydrogens is 524 g/mol. The molecule has 1 amide bonds. The highest BCUT2D eigenvalue weighted by Crippen LogP contribution is 2.27. The molecule has 0 aliphatic heterocycles. The Morgan fingerprint density at radius 3 is 2.23 bits per heavy atom. The minimum absolute atomic E-state index is 0.00372. The van der Waals surface area contributed by atoms with E-state index in [2.05, 4.69) is 21.2 Å². The molecule has 0 atom stereocenters. The van der Waals surface area contributed by atoms with Gasteiger partial charge in [-0.15, -0.1) is 0 Å². The van der Waals surface area contributed by atoms with Crippen molar-refractivity contribution in [2.45, 2.75) is 0 Å². The zero-order valence-corrected chi connectivity index (χ0v) is 19.1. The minimum Gasteiger partial charge on any atom is -0.423 e. The van der Waals surface area contributed by atoms with Gasteiger partial charge >= 0.3 is 5.97 Å². The lowest BCUT2D eigenvalue weighted by Crippen LogP contribution is -2.14. The number of hydrogen-bond donors (Lipinski definition) is 1. The quantitative estimate of drug-likeness (QED) is 0.109. The lowest BCUT2D eigenvalue weighted by Gasteiger charge is -2.07. The first-order valence-corrected chi connectivity index (χ1v) is 10.4. The summed E-state index contributed by atoms with van der Waals surface area (Å²) in [5.74, 6) is -1.37. The third-order valence-corrected chi connectivity index (χ3v) is 5.13. The van der Waals surface area contributed by atoms with Crippen LogP contribution in [0, 0.1) is 31.6 Å². The number of nitrogens with zero attached hydrogens (tertiary/aromatic N) is 3. The van der Waals surface area contributed by atoms with Crippen molar-refractivity contribution in [3.8, 4) is 11.8 Å². The number of anilines is 1. The first kappa shape index (κ1) is 24.7. The third-order valence-electron chi connectivity index (χ3n) is 4.47. The summed E-state index contributed by atoms with van der Waals surface area (Å²) >= 11 is 3.14. The van der Waals surface area contributed by atoms with Crippen molar-refractivity contribution in [1.29, 1.82) is 5.26 Å². The number of nitrogens with one attached hydrogen (secondary N) is 1. The van der Waals surface area contributed by atoms with Crippen molar-refractivity contribution >= 4 is 50.9 Å². The first-order valence-electron chi connectivity index (χ1n) is 9.61. The van der Waals surface area contributed by atoms with Crippen molar-refractivity contribution < 1.29 is 24.2 Å². The molecule has 0 saturated carbocycles. The van der Waals surface area contributed by atoms with E-state index < -0.39 is 21.7 Å². The molecule has 11 nitrogen and oxygen atoms in total. The molecule has 0 unspecified atom stereocenters. The van der Waals surface area contributed by atoms with Gasteiger partial charge in [0.25, 0.3) is 17.3 Å². The highest BCUT2D eigenvalue weighted by molar-refractivity contribution is 9.10. The Hall–Kier alpha value is -4.89. The lowest BCUT2D eigenvalue weighted by molar-refractivity contribution is -0.385. The van der Waals surface area contributed by atoms with Crippen LogP contribution in [0.15, 0.2) is 76.8 Å². The Labute approximate surface area is 205 Å². The number of non-ortho nitro benzene ring substituents is 2. The predicted octanol–water partition coefficient (Wildman–Crippen LogP) is 5.03. The molecule has 174 valence electrons. The van der Waals surface area contributed by atoms with E-state index in [1.807, 2.05) is 0 Å². The van der Waals surface area contributed by atoms with Crippen LogP contribution in [-0.2, 0) is 4.79 Å². The van der Waals surface area contributed by atoms with Crippen LogP contribution in [0.1, 0.15) is 15.9 Å². The number of nitro benzene ring substituents is 2. The van der Waals surface area contributed by atoms with Crippen molar-refractivity contribution in [3.63, 3.8) is 0 Å². The third kappa shape index (κ3) is 6.34. The van der Waals surface area contributed by atoms with E-state index in [-0.39, 0.29) is 38.4 Å². The number of carbonyl (C=O) groups excluding carboxylic acids is 2. The minimum atomic E-state index is -0.789. The van der Waals surface area contributed by atoms with Crippen molar-refractivity contribution in [3.05, 3.63) is 108 Å². The molecule has 12 heteroatoms. The Bertz CT molecular complexity index is 1410. The molecule has 0 radical (unpaired) electrons. The molecule has 3 rings (SSSR count). The van der Waals surface area contributed by atoms with Gasteiger partial charge in [0, 0.05) is 28.7 Å². The topological polar surface area (TPSA) is 165 Å². The van der Waals surface area contributed by atoms with Crippen LogP contribution in [0.2, 0.25) is 0 Å². The number of carbonyl (C=O) groups is 2. The Kier molecular flexibility index (Phi) is 7.65. The van der Waals surface area contributed by atoms with Gasteiger partial charge in [0.05, 0.1) is 21.1 Å². The molecule has 3 aromatic carbocycles. The van der Waals surface area contributed by atoms with E-state index in [9.17, 15) is 35.1 Å². The molecule has 0 aromatic heterocycles. The fourth-order valence-electron chi connectivity index (χ4n) is 2.77. The second-order valence-corrected chi connectivity index (χ2v) is 7.67. The van der Waals surface area contributed by atoms with E-state index >= 15 is 0 Å². The summed E-state index contributed by atoms with van der Waals surface area (Å²) in [6, 6.07) is 16.5. The van der Waals surface area contributed by atoms with Gasteiger partial charge in [-0.25, -0.2) is 4.79 Å². The molecule has 0 heterocycles. The highest BCUT2D eigenvalue weighted by atomic mass is 79.9. The van der Waals surface area contributed by atoms with Crippen LogP contribution in [0.4, 0.5) is 17.1 Å². The Morgan fingerprint density at radius 1 is 0.971 bits per heavy atom. The first-order chi connectivity index (χ1) is 16.7. The molecule has 0 saturated heterocycles. The Morgan fingerprint density at radius 2 is 1.63 bits per heavy atom. The predicted molar refractivity (Wildman–Crippen MR) is 128 cm³/mol. The van der Waals surface area contributed by atoms with Gasteiger partial charge in [0.1, 0.15) is 17.4 Å². The summed E-state index contributed by atoms with van der Waals surface area (Å²) in [7, 11) is 0. The molecular formula is C23H13BrN4O7. The van der Waals surface area contributed by atoms with Gasteiger partial charge in [0.2, 0.25) is 0 Å². The van der Waals surface area contributed by atoms with E-state index in [1.165, 1.54) is 66.7 Å². The van der Waals surface area contributed by atoms with Gasteiger partial charge < -0.3 is 10.1 Å².